The summed E-state index contributed by atoms with van der Waals surface area (Å²) in [4.78, 5) is 54.8. The number of methoxy groups -OCH3 is 2. The number of aliphatic hydroxyl groups is 2. The Morgan fingerprint density at radius 2 is 0.941 bits per heavy atom. The largest absolute Gasteiger partial charge is 0.494 e. The molecule has 0 bridgehead atoms. The van der Waals surface area contributed by atoms with Crippen molar-refractivity contribution in [3.05, 3.63) is 121 Å². The van der Waals surface area contributed by atoms with Gasteiger partial charge in [0.1, 0.15) is 24.2 Å². The van der Waals surface area contributed by atoms with Crippen LogP contribution < -0.4 is 51.6 Å². The molecule has 0 aliphatic heterocycles. The van der Waals surface area contributed by atoms with Gasteiger partial charge in [0, 0.05) is 74.9 Å². The molecule has 6 aromatic rings. The first-order chi connectivity index (χ1) is 39.6. The van der Waals surface area contributed by atoms with Gasteiger partial charge in [0.15, 0.2) is 0 Å². The Balaban J connectivity index is 0.000000339. The fourth-order valence-corrected chi connectivity index (χ4v) is 7.55. The van der Waals surface area contributed by atoms with Gasteiger partial charge in [0.05, 0.1) is 70.7 Å². The van der Waals surface area contributed by atoms with Gasteiger partial charge in [0.2, 0.25) is 34.9 Å². The zero-order valence-electron chi connectivity index (χ0n) is 49.0. The predicted octanol–water partition coefficient (Wildman–Crippen LogP) is 9.87. The summed E-state index contributed by atoms with van der Waals surface area (Å²) in [7, 11) is 14.8. The fraction of sp³-hybridized carbons (Fsp3) is 0.357. The fourth-order valence-electron chi connectivity index (χ4n) is 7.55. The van der Waals surface area contributed by atoms with Crippen LogP contribution in [0.25, 0.3) is 0 Å². The molecule has 0 saturated carbocycles. The number of nitrogens with zero attached hydrogens (tertiary/aromatic N) is 10. The molecule has 6 rings (SSSR count). The van der Waals surface area contributed by atoms with Gasteiger partial charge in [-0.1, -0.05) is 13.2 Å². The van der Waals surface area contributed by atoms with Gasteiger partial charge in [0.25, 0.3) is 0 Å². The van der Waals surface area contributed by atoms with E-state index in [1.165, 1.54) is 66.7 Å². The summed E-state index contributed by atoms with van der Waals surface area (Å²) in [5.41, 5.74) is 5.26. The number of allylic oxidation sites excluding steroid dienone is 1. The summed E-state index contributed by atoms with van der Waals surface area (Å²) in [6, 6.07) is 13.0. The van der Waals surface area contributed by atoms with Crippen LogP contribution in [0, 0.1) is 0 Å². The third-order valence-corrected chi connectivity index (χ3v) is 12.2. The highest BCUT2D eigenvalue weighted by Gasteiger charge is 2.35. The number of carbonyl (C=O) groups is 2. The second kappa shape index (κ2) is 29.8. The number of benzene rings is 4. The van der Waals surface area contributed by atoms with Gasteiger partial charge in [-0.05, 0) is 128 Å². The second-order valence-corrected chi connectivity index (χ2v) is 20.6. The molecule has 9 N–H and O–H groups in total. The lowest BCUT2D eigenvalue weighted by Crippen LogP contribution is -2.29. The van der Waals surface area contributed by atoms with Crippen LogP contribution in [-0.4, -0.2) is 144 Å². The monoisotopic (exact) mass is 1210 g/mol. The number of rotatable bonds is 23. The van der Waals surface area contributed by atoms with Crippen molar-refractivity contribution in [1.29, 1.82) is 0 Å². The molecule has 4 aromatic carbocycles. The number of halogens is 7. The maximum Gasteiger partial charge on any atom is 0.416 e. The number of ether oxygens (including phenoxy) is 2. The number of anilines is 12. The topological polar surface area (TPSA) is 270 Å². The minimum atomic E-state index is -4.58. The van der Waals surface area contributed by atoms with E-state index in [0.29, 0.717) is 46.5 Å². The Morgan fingerprint density at radius 1 is 0.576 bits per heavy atom. The standard InChI is InChI=1S/C28H35F3N8O3.C25H33F3N8O2.C3H3ClO/c1-8-24(40)34-20-14-21(23(42-7)15-22(20)39(6)12-11-38(4)5)36-26-33-16-32-25(37-26)35-19-10-9-17(28(29,30)31)13-18(19)27(2,3)41;1-24(2,37)16-11-15(25(26,27)28)7-8-18(16)32-22-30-14-31-23(34-22)33-19-12-17(29)20(13-21(19)38-6)36(5)10-9-35(3)4;1-2-3(4)5/h8-10,13-16,41H,1,11-12H2,2-7H3,(H,34,40)(H2,32,33,35,36,37);7-8,11-14,37H,9-10,29H2,1-6H3,(H2,30,31,32,33,34);2H,1H2. The third kappa shape index (κ3) is 20.9. The Hall–Kier alpha value is -8.57. The van der Waals surface area contributed by atoms with E-state index in [2.05, 4.69) is 74.5 Å². The lowest BCUT2D eigenvalue weighted by atomic mass is 9.94. The number of nitrogens with two attached hydrogens (primary N) is 1. The van der Waals surface area contributed by atoms with Crippen molar-refractivity contribution < 1.29 is 55.6 Å². The summed E-state index contributed by atoms with van der Waals surface area (Å²) < 4.78 is 90.8. The first kappa shape index (κ1) is 68.9. The van der Waals surface area contributed by atoms with Crippen molar-refractivity contribution in [3.63, 3.8) is 0 Å². The number of likely N-dealkylation sites (N-methyl/N-ethyl adjacent to an activating group) is 4. The number of amides is 1. The summed E-state index contributed by atoms with van der Waals surface area (Å²) >= 11 is 4.71. The second-order valence-electron chi connectivity index (χ2n) is 20.2. The van der Waals surface area contributed by atoms with Crippen LogP contribution in [0.15, 0.2) is 98.6 Å². The molecule has 0 aliphatic carbocycles. The highest BCUT2D eigenvalue weighted by atomic mass is 35.5. The van der Waals surface area contributed by atoms with Gasteiger partial charge < -0.3 is 71.6 Å². The van der Waals surface area contributed by atoms with Gasteiger partial charge >= 0.3 is 12.4 Å². The van der Waals surface area contributed by atoms with Crippen LogP contribution in [0.4, 0.5) is 95.6 Å². The highest BCUT2D eigenvalue weighted by Crippen LogP contribution is 2.41. The molecule has 1 amide bonds. The SMILES string of the molecule is C=CC(=O)Cl.C=CC(=O)Nc1cc(Nc2ncnc(Nc3ccc(C(F)(F)F)cc3C(C)(C)O)n2)c(OC)cc1N(C)CCN(C)C.COc1cc(N(C)CCN(C)C)c(N)cc1Nc1ncnc(Nc2ccc(C(F)(F)F)cc2C(C)(C)O)n1. The maximum atomic E-state index is 13.3. The van der Waals surface area contributed by atoms with Gasteiger partial charge in [-0.15, -0.1) is 0 Å². The van der Waals surface area contributed by atoms with Crippen molar-refractivity contribution >= 4 is 92.0 Å². The number of alkyl halides is 6. The minimum absolute atomic E-state index is 0.00509. The van der Waals surface area contributed by atoms with Crippen molar-refractivity contribution in [2.45, 2.75) is 51.2 Å². The van der Waals surface area contributed by atoms with Gasteiger partial charge in [-0.25, -0.2) is 19.9 Å². The quantitative estimate of drug-likeness (QED) is 0.0128. The van der Waals surface area contributed by atoms with Gasteiger partial charge in [-0.2, -0.15) is 36.3 Å². The average molecular weight is 1210 g/mol. The van der Waals surface area contributed by atoms with Crippen molar-refractivity contribution in [2.24, 2.45) is 0 Å². The van der Waals surface area contributed by atoms with E-state index in [1.807, 2.05) is 63.1 Å². The zero-order chi connectivity index (χ0) is 63.8. The molecule has 460 valence electrons. The summed E-state index contributed by atoms with van der Waals surface area (Å²) in [5.74, 6) is 0.826. The molecule has 0 radical (unpaired) electrons. The third-order valence-electron chi connectivity index (χ3n) is 12.0. The smallest absolute Gasteiger partial charge is 0.416 e. The lowest BCUT2D eigenvalue weighted by molar-refractivity contribution is -0.138. The minimum Gasteiger partial charge on any atom is -0.494 e. The number of carbonyl (C=O) groups excluding carboxylic acids is 2. The number of nitrogens with one attached hydrogen (secondary N) is 5. The molecule has 2 heterocycles. The summed E-state index contributed by atoms with van der Waals surface area (Å²) in [6.45, 7) is 15.2. The molecule has 0 saturated heterocycles. The number of aromatic nitrogens is 6. The van der Waals surface area contributed by atoms with Crippen LogP contribution in [0.3, 0.4) is 0 Å². The van der Waals surface area contributed by atoms with Crippen LogP contribution in [0.2, 0.25) is 0 Å². The van der Waals surface area contributed by atoms with E-state index in [1.54, 1.807) is 18.2 Å². The Labute approximate surface area is 494 Å². The molecule has 0 atom stereocenters. The number of hydrogen-bond donors (Lipinski definition) is 8. The van der Waals surface area contributed by atoms with E-state index in [0.717, 1.165) is 61.7 Å². The first-order valence-electron chi connectivity index (χ1n) is 25.6. The molecule has 2 aromatic heterocycles. The summed E-state index contributed by atoms with van der Waals surface area (Å²) in [6.07, 6.45) is -4.48. The molecule has 0 aliphatic rings. The molecular weight excluding hydrogens is 1140 g/mol. The molecule has 0 spiro atoms. The summed E-state index contributed by atoms with van der Waals surface area (Å²) in [5, 5.41) is 35.2. The molecule has 22 nitrogen and oxygen atoms in total. The highest BCUT2D eigenvalue weighted by molar-refractivity contribution is 6.66. The molecule has 0 unspecified atom stereocenters. The van der Waals surface area contributed by atoms with Gasteiger partial charge in [-0.3, -0.25) is 9.59 Å². The van der Waals surface area contributed by atoms with Crippen LogP contribution in [-0.2, 0) is 33.1 Å². The van der Waals surface area contributed by atoms with Crippen molar-refractivity contribution in [3.8, 4) is 11.5 Å². The van der Waals surface area contributed by atoms with Crippen LogP contribution in [0.1, 0.15) is 49.9 Å². The Morgan fingerprint density at radius 3 is 1.28 bits per heavy atom. The molecule has 85 heavy (non-hydrogen) atoms. The predicted molar refractivity (Wildman–Crippen MR) is 320 cm³/mol. The molecular formula is C56H71ClF6N16O6. The van der Waals surface area contributed by atoms with E-state index in [-0.39, 0.29) is 46.3 Å². The normalized spacial score (nSPS) is 11.5. The molecule has 0 fully saturated rings. The van der Waals surface area contributed by atoms with E-state index in [4.69, 9.17) is 26.8 Å². The average Bonchev–Trinajstić information content (AvgIpc) is 2.45. The Bertz CT molecular complexity index is 3270. The van der Waals surface area contributed by atoms with Crippen LogP contribution >= 0.6 is 11.6 Å². The van der Waals surface area contributed by atoms with E-state index in [9.17, 15) is 46.1 Å². The number of nitrogen functional groups attached to an aromatic ring is 1. The van der Waals surface area contributed by atoms with Crippen molar-refractivity contribution in [1.82, 2.24) is 39.7 Å². The van der Waals surface area contributed by atoms with E-state index >= 15 is 0 Å². The van der Waals surface area contributed by atoms with Crippen molar-refractivity contribution in [2.75, 3.05) is 125 Å². The molecule has 29 heteroatoms. The zero-order valence-corrected chi connectivity index (χ0v) is 49.8. The lowest BCUT2D eigenvalue weighted by Gasteiger charge is -2.26. The van der Waals surface area contributed by atoms with E-state index < -0.39 is 45.8 Å². The van der Waals surface area contributed by atoms with Crippen LogP contribution in [0.5, 0.6) is 11.5 Å². The number of hydrogen-bond acceptors (Lipinski definition) is 21. The maximum absolute atomic E-state index is 13.3. The Kier molecular flexibility index (Phi) is 24.2. The first-order valence-corrected chi connectivity index (χ1v) is 26.0.